The molecule has 0 saturated carbocycles. The second kappa shape index (κ2) is 13.7. The monoisotopic (exact) mass is 869 g/mol. The van der Waals surface area contributed by atoms with E-state index in [-0.39, 0.29) is 26.5 Å². The largest absolute Gasteiger partial charge is 0.504 e. The standard InChI is InChI=1S/C46H36N5O.Pt/c1-46(2,3)34-21-23-47-44(26-34)51-39-20-19-33(31-13-7-5-8-14-31)25-37(39)38-28-36(32-15-9-6-10-16-32)43(29-42(38)51)52-45-27-35(22-24-48-45)50-30-49(4)40-17-11-12-18-41(40)50;/h5-26,28,30H,1-4H3;/q-3;. The van der Waals surface area contributed by atoms with Gasteiger partial charge in [0, 0.05) is 49.9 Å². The maximum absolute atomic E-state index is 6.73. The molecule has 1 aliphatic rings. The number of aromatic nitrogens is 3. The molecular weight excluding hydrogens is 834 g/mol. The average molecular weight is 870 g/mol. The molecule has 53 heavy (non-hydrogen) atoms. The van der Waals surface area contributed by atoms with E-state index in [9.17, 15) is 0 Å². The number of hydrogen-bond acceptors (Lipinski definition) is 5. The third-order valence-electron chi connectivity index (χ3n) is 9.73. The van der Waals surface area contributed by atoms with Gasteiger partial charge in [0.2, 0.25) is 0 Å². The van der Waals surface area contributed by atoms with Gasteiger partial charge in [0.05, 0.1) is 0 Å². The van der Waals surface area contributed by atoms with Crippen LogP contribution in [0.15, 0.2) is 140 Å². The maximum atomic E-state index is 6.73. The van der Waals surface area contributed by atoms with Crippen molar-refractivity contribution < 1.29 is 25.8 Å². The Labute approximate surface area is 324 Å². The quantitative estimate of drug-likeness (QED) is 0.156. The van der Waals surface area contributed by atoms with Crippen molar-refractivity contribution in [3.63, 3.8) is 0 Å². The summed E-state index contributed by atoms with van der Waals surface area (Å²) in [6, 6.07) is 51.4. The van der Waals surface area contributed by atoms with Gasteiger partial charge in [-0.3, -0.25) is 4.98 Å². The number of anilines is 3. The molecule has 0 fully saturated rings. The molecule has 264 valence electrons. The fourth-order valence-electron chi connectivity index (χ4n) is 7.04. The molecule has 0 N–H and O–H groups in total. The van der Waals surface area contributed by atoms with Crippen molar-refractivity contribution in [3.8, 4) is 39.7 Å². The van der Waals surface area contributed by atoms with Crippen LogP contribution in [0.2, 0.25) is 0 Å². The van der Waals surface area contributed by atoms with Gasteiger partial charge >= 0.3 is 0 Å². The van der Waals surface area contributed by atoms with Crippen molar-refractivity contribution in [2.24, 2.45) is 0 Å². The van der Waals surface area contributed by atoms with Crippen LogP contribution in [0.3, 0.4) is 0 Å². The first-order valence-electron chi connectivity index (χ1n) is 17.5. The summed E-state index contributed by atoms with van der Waals surface area (Å²) in [5, 5.41) is 2.16. The predicted molar refractivity (Wildman–Crippen MR) is 211 cm³/mol. The number of ether oxygens (including phenoxy) is 1. The van der Waals surface area contributed by atoms with Crippen molar-refractivity contribution in [3.05, 3.63) is 164 Å². The smallest absolute Gasteiger partial charge is 0.135 e. The summed E-state index contributed by atoms with van der Waals surface area (Å²) in [5.74, 6) is 1.74. The summed E-state index contributed by atoms with van der Waals surface area (Å²) in [4.78, 5) is 13.8. The van der Waals surface area contributed by atoms with Gasteiger partial charge in [-0.1, -0.05) is 122 Å². The van der Waals surface area contributed by atoms with E-state index in [4.69, 9.17) is 9.72 Å². The zero-order valence-electron chi connectivity index (χ0n) is 29.8. The van der Waals surface area contributed by atoms with E-state index >= 15 is 0 Å². The van der Waals surface area contributed by atoms with Crippen LogP contribution in [-0.2, 0) is 26.5 Å². The molecule has 7 heteroatoms. The summed E-state index contributed by atoms with van der Waals surface area (Å²) < 4.78 is 8.94. The van der Waals surface area contributed by atoms with Gasteiger partial charge in [0.25, 0.3) is 0 Å². The minimum absolute atomic E-state index is 0. The number of hydrogen-bond donors (Lipinski definition) is 0. The van der Waals surface area contributed by atoms with Gasteiger partial charge < -0.3 is 19.1 Å². The van der Waals surface area contributed by atoms with Crippen LogP contribution < -0.4 is 14.5 Å². The van der Waals surface area contributed by atoms with E-state index in [1.54, 1.807) is 6.20 Å². The molecule has 4 heterocycles. The normalized spacial score (nSPS) is 12.6. The Hall–Kier alpha value is -5.71. The topological polar surface area (TPSA) is 46.4 Å². The Morgan fingerprint density at radius 1 is 0.660 bits per heavy atom. The Bertz CT molecular complexity index is 2590. The van der Waals surface area contributed by atoms with Gasteiger partial charge in [0.1, 0.15) is 11.7 Å². The Kier molecular flexibility index (Phi) is 8.88. The van der Waals surface area contributed by atoms with Gasteiger partial charge in [-0.05, 0) is 71.1 Å². The molecule has 0 bridgehead atoms. The first kappa shape index (κ1) is 34.4. The number of para-hydroxylation sites is 2. The molecule has 0 unspecified atom stereocenters. The number of fused-ring (bicyclic) bond motifs is 4. The average Bonchev–Trinajstić information content (AvgIpc) is 3.68. The van der Waals surface area contributed by atoms with Crippen LogP contribution in [0.5, 0.6) is 11.6 Å². The first-order valence-corrected chi connectivity index (χ1v) is 17.5. The molecule has 8 aromatic rings. The predicted octanol–water partition coefficient (Wildman–Crippen LogP) is 11.3. The van der Waals surface area contributed by atoms with Crippen molar-refractivity contribution in [1.29, 1.82) is 0 Å². The van der Waals surface area contributed by atoms with E-state index in [1.807, 2.05) is 55.7 Å². The molecule has 6 nitrogen and oxygen atoms in total. The van der Waals surface area contributed by atoms with Crippen LogP contribution in [-0.4, -0.2) is 21.6 Å². The Morgan fingerprint density at radius 3 is 2.11 bits per heavy atom. The first-order chi connectivity index (χ1) is 25.3. The minimum Gasteiger partial charge on any atom is -0.504 e. The van der Waals surface area contributed by atoms with Crippen LogP contribution in [0, 0.1) is 18.8 Å². The van der Waals surface area contributed by atoms with Crippen LogP contribution >= 0.6 is 0 Å². The van der Waals surface area contributed by atoms with Crippen LogP contribution in [0.1, 0.15) is 26.3 Å². The van der Waals surface area contributed by atoms with Gasteiger partial charge in [0.15, 0.2) is 0 Å². The van der Waals surface area contributed by atoms with Gasteiger partial charge in [-0.25, -0.2) is 4.98 Å². The second-order valence-electron chi connectivity index (χ2n) is 14.2. The molecule has 0 spiro atoms. The SMILES string of the molecule is CN1[CH-]N(c2[c-]c(Oc3[c-]c4c(cc3-c3ccccc3)c3cc(-c5ccccc5)ccc3n4-c3cc(C(C)(C)C)ccn3)ncc2)c2ccccc21.[Pt]. The summed E-state index contributed by atoms with van der Waals surface area (Å²) in [6.07, 6.45) is 3.66. The number of benzene rings is 5. The van der Waals surface area contributed by atoms with E-state index < -0.39 is 0 Å². The number of rotatable bonds is 6. The molecule has 0 saturated heterocycles. The Balaban J connectivity index is 0.00000400. The zero-order valence-corrected chi connectivity index (χ0v) is 32.1. The van der Waals surface area contributed by atoms with Crippen molar-refractivity contribution in [1.82, 2.24) is 14.5 Å². The van der Waals surface area contributed by atoms with Crippen LogP contribution in [0.25, 0.3) is 49.9 Å². The third-order valence-corrected chi connectivity index (χ3v) is 9.73. The summed E-state index contributed by atoms with van der Waals surface area (Å²) in [5.41, 5.74) is 10.3. The van der Waals surface area contributed by atoms with Gasteiger partial charge in [-0.15, -0.1) is 11.5 Å². The fourth-order valence-corrected chi connectivity index (χ4v) is 7.04. The summed E-state index contributed by atoms with van der Waals surface area (Å²) in [6.45, 7) is 8.72. The fraction of sp³-hybridized carbons (Fsp3) is 0.109. The molecule has 5 aromatic carbocycles. The maximum Gasteiger partial charge on any atom is 0.135 e. The molecule has 0 aliphatic carbocycles. The molecule has 0 atom stereocenters. The third kappa shape index (κ3) is 6.27. The molecule has 0 radical (unpaired) electrons. The number of pyridine rings is 2. The molecule has 1 aliphatic heterocycles. The molecule has 3 aromatic heterocycles. The minimum atomic E-state index is -0.0516. The van der Waals surface area contributed by atoms with E-state index in [0.717, 1.165) is 66.9 Å². The molecule has 0 amide bonds. The summed E-state index contributed by atoms with van der Waals surface area (Å²) in [7, 11) is 2.04. The number of nitrogens with zero attached hydrogens (tertiary/aromatic N) is 5. The Morgan fingerprint density at radius 2 is 1.36 bits per heavy atom. The molecular formula is C46H36N5OPt-3. The van der Waals surface area contributed by atoms with E-state index in [2.05, 4.69) is 144 Å². The van der Waals surface area contributed by atoms with E-state index in [1.165, 1.54) is 5.56 Å². The van der Waals surface area contributed by atoms with Gasteiger partial charge in [-0.2, -0.15) is 30.6 Å². The second-order valence-corrected chi connectivity index (χ2v) is 14.2. The molecule has 9 rings (SSSR count). The van der Waals surface area contributed by atoms with Crippen LogP contribution in [0.4, 0.5) is 17.1 Å². The zero-order chi connectivity index (χ0) is 35.4. The van der Waals surface area contributed by atoms with Crippen molar-refractivity contribution in [2.45, 2.75) is 26.2 Å². The summed E-state index contributed by atoms with van der Waals surface area (Å²) >= 11 is 0. The van der Waals surface area contributed by atoms with E-state index in [0.29, 0.717) is 11.6 Å². The van der Waals surface area contributed by atoms with Crippen molar-refractivity contribution in [2.75, 3.05) is 16.8 Å². The van der Waals surface area contributed by atoms with Crippen molar-refractivity contribution >= 4 is 38.9 Å².